The molecule has 6 heteroatoms. The van der Waals surface area contributed by atoms with Gasteiger partial charge in [0.2, 0.25) is 0 Å². The van der Waals surface area contributed by atoms with E-state index in [1.54, 1.807) is 36.5 Å². The molecule has 0 unspecified atom stereocenters. The van der Waals surface area contributed by atoms with Crippen molar-refractivity contribution in [2.24, 2.45) is 0 Å². The van der Waals surface area contributed by atoms with Crippen LogP contribution in [0, 0.1) is 0 Å². The van der Waals surface area contributed by atoms with Gasteiger partial charge in [0.05, 0.1) is 11.3 Å². The van der Waals surface area contributed by atoms with Gasteiger partial charge in [-0.15, -0.1) is 0 Å². The molecule has 1 aliphatic heterocycles. The lowest BCUT2D eigenvalue weighted by molar-refractivity contribution is -0.137. The van der Waals surface area contributed by atoms with Gasteiger partial charge in [-0.05, 0) is 36.4 Å². The van der Waals surface area contributed by atoms with Gasteiger partial charge in [0.25, 0.3) is 0 Å². The molecule has 0 radical (unpaired) electrons. The van der Waals surface area contributed by atoms with Crippen LogP contribution >= 0.6 is 0 Å². The summed E-state index contributed by atoms with van der Waals surface area (Å²) in [6, 6.07) is 13.3. The van der Waals surface area contributed by atoms with Crippen LogP contribution in [0.1, 0.15) is 5.56 Å². The van der Waals surface area contributed by atoms with Gasteiger partial charge in [-0.2, -0.15) is 13.2 Å². The van der Waals surface area contributed by atoms with Crippen molar-refractivity contribution in [3.63, 3.8) is 0 Å². The fourth-order valence-electron chi connectivity index (χ4n) is 2.38. The van der Waals surface area contributed by atoms with Crippen molar-refractivity contribution >= 4 is 17.4 Å². The van der Waals surface area contributed by atoms with Gasteiger partial charge in [0.15, 0.2) is 0 Å². The third-order valence-electron chi connectivity index (χ3n) is 3.50. The molecule has 0 saturated heterocycles. The molecule has 0 atom stereocenters. The van der Waals surface area contributed by atoms with Crippen LogP contribution in [-0.4, -0.2) is 12.6 Å². The Hall–Kier alpha value is -2.76. The predicted octanol–water partition coefficient (Wildman–Crippen LogP) is 4.67. The van der Waals surface area contributed by atoms with Crippen molar-refractivity contribution in [1.82, 2.24) is 0 Å². The second-order valence-corrected chi connectivity index (χ2v) is 5.03. The standard InChI is InChI=1S/C17H13F3N2O/c18-17(19,20)13-6-4-9-15(12-13)22-11-5-10-21(16(22)23)14-7-2-1-3-8-14/h1-10,12H,11H2. The SMILES string of the molecule is O=C1N(c2ccccc2)C=CCN1c1cccc(C(F)(F)F)c1. The maximum absolute atomic E-state index is 12.8. The Balaban J connectivity index is 1.93. The van der Waals surface area contributed by atoms with Gasteiger partial charge in [-0.1, -0.05) is 24.3 Å². The van der Waals surface area contributed by atoms with E-state index < -0.39 is 17.8 Å². The van der Waals surface area contributed by atoms with Crippen LogP contribution in [0.2, 0.25) is 0 Å². The summed E-state index contributed by atoms with van der Waals surface area (Å²) in [6.07, 6.45) is -1.08. The molecule has 2 amide bonds. The molecule has 23 heavy (non-hydrogen) atoms. The molecule has 118 valence electrons. The molecule has 0 saturated carbocycles. The molecular formula is C17H13F3N2O. The van der Waals surface area contributed by atoms with E-state index in [2.05, 4.69) is 0 Å². The summed E-state index contributed by atoms with van der Waals surface area (Å²) in [5, 5.41) is 0. The summed E-state index contributed by atoms with van der Waals surface area (Å²) in [4.78, 5) is 15.3. The van der Waals surface area contributed by atoms with Gasteiger partial charge >= 0.3 is 12.2 Å². The molecule has 0 N–H and O–H groups in total. The van der Waals surface area contributed by atoms with Gasteiger partial charge < -0.3 is 0 Å². The molecule has 1 aliphatic rings. The lowest BCUT2D eigenvalue weighted by Gasteiger charge is -2.31. The average Bonchev–Trinajstić information content (AvgIpc) is 2.55. The molecule has 0 fully saturated rings. The fourth-order valence-corrected chi connectivity index (χ4v) is 2.38. The Morgan fingerprint density at radius 2 is 1.61 bits per heavy atom. The number of hydrogen-bond donors (Lipinski definition) is 0. The van der Waals surface area contributed by atoms with Crippen molar-refractivity contribution in [3.8, 4) is 0 Å². The summed E-state index contributed by atoms with van der Waals surface area (Å²) in [7, 11) is 0. The minimum atomic E-state index is -4.44. The van der Waals surface area contributed by atoms with Gasteiger partial charge in [-0.25, -0.2) is 4.79 Å². The number of benzene rings is 2. The van der Waals surface area contributed by atoms with Gasteiger partial charge in [-0.3, -0.25) is 9.80 Å². The zero-order chi connectivity index (χ0) is 16.4. The Morgan fingerprint density at radius 1 is 0.913 bits per heavy atom. The highest BCUT2D eigenvalue weighted by Crippen LogP contribution is 2.32. The van der Waals surface area contributed by atoms with Crippen molar-refractivity contribution in [3.05, 3.63) is 72.4 Å². The van der Waals surface area contributed by atoms with E-state index in [9.17, 15) is 18.0 Å². The number of anilines is 2. The second kappa shape index (κ2) is 5.79. The van der Waals surface area contributed by atoms with E-state index in [0.717, 1.165) is 12.1 Å². The van der Waals surface area contributed by atoms with Crippen LogP contribution in [0.4, 0.5) is 29.3 Å². The number of carbonyl (C=O) groups is 1. The highest BCUT2D eigenvalue weighted by Gasteiger charge is 2.32. The number of alkyl halides is 3. The first-order valence-corrected chi connectivity index (χ1v) is 6.96. The molecular weight excluding hydrogens is 305 g/mol. The van der Waals surface area contributed by atoms with Crippen molar-refractivity contribution < 1.29 is 18.0 Å². The molecule has 0 spiro atoms. The Morgan fingerprint density at radius 3 is 2.30 bits per heavy atom. The molecule has 3 rings (SSSR count). The summed E-state index contributed by atoms with van der Waals surface area (Å²) >= 11 is 0. The largest absolute Gasteiger partial charge is 0.416 e. The minimum absolute atomic E-state index is 0.218. The van der Waals surface area contributed by atoms with E-state index in [1.165, 1.54) is 21.9 Å². The van der Waals surface area contributed by atoms with Crippen LogP contribution in [0.25, 0.3) is 0 Å². The van der Waals surface area contributed by atoms with Crippen molar-refractivity contribution in [1.29, 1.82) is 0 Å². The van der Waals surface area contributed by atoms with Crippen molar-refractivity contribution in [2.75, 3.05) is 16.3 Å². The Bertz CT molecular complexity index is 741. The fraction of sp³-hybridized carbons (Fsp3) is 0.118. The van der Waals surface area contributed by atoms with Crippen LogP contribution in [0.5, 0.6) is 0 Å². The Labute approximate surface area is 131 Å². The normalized spacial score (nSPS) is 15.2. The van der Waals surface area contributed by atoms with Crippen LogP contribution in [0.3, 0.4) is 0 Å². The summed E-state index contributed by atoms with van der Waals surface area (Å²) in [5.41, 5.74) is 0.101. The lowest BCUT2D eigenvalue weighted by Crippen LogP contribution is -2.44. The van der Waals surface area contributed by atoms with Crippen LogP contribution in [0.15, 0.2) is 66.9 Å². The number of rotatable bonds is 2. The predicted molar refractivity (Wildman–Crippen MR) is 82.2 cm³/mol. The number of amides is 2. The molecule has 0 aliphatic carbocycles. The second-order valence-electron chi connectivity index (χ2n) is 5.03. The van der Waals surface area contributed by atoms with Crippen LogP contribution in [-0.2, 0) is 6.18 Å². The van der Waals surface area contributed by atoms with E-state index in [4.69, 9.17) is 0 Å². The third kappa shape index (κ3) is 3.06. The number of para-hydroxylation sites is 1. The maximum atomic E-state index is 12.8. The number of urea groups is 1. The summed E-state index contributed by atoms with van der Waals surface area (Å²) < 4.78 is 38.5. The quantitative estimate of drug-likeness (QED) is 0.789. The van der Waals surface area contributed by atoms with Gasteiger partial charge in [0, 0.05) is 18.4 Å². The molecule has 2 aromatic carbocycles. The first kappa shape index (κ1) is 15.1. The highest BCUT2D eigenvalue weighted by molar-refractivity contribution is 6.06. The monoisotopic (exact) mass is 318 g/mol. The first-order valence-electron chi connectivity index (χ1n) is 6.96. The number of carbonyl (C=O) groups excluding carboxylic acids is 1. The summed E-state index contributed by atoms with van der Waals surface area (Å²) in [6.45, 7) is 0.226. The molecule has 0 aromatic heterocycles. The molecule has 3 nitrogen and oxygen atoms in total. The molecule has 1 heterocycles. The molecule has 2 aromatic rings. The smallest absolute Gasteiger partial charge is 0.290 e. The van der Waals surface area contributed by atoms with E-state index in [1.807, 2.05) is 6.07 Å². The number of hydrogen-bond acceptors (Lipinski definition) is 1. The third-order valence-corrected chi connectivity index (χ3v) is 3.50. The van der Waals surface area contributed by atoms with Gasteiger partial charge in [0.1, 0.15) is 0 Å². The maximum Gasteiger partial charge on any atom is 0.416 e. The van der Waals surface area contributed by atoms with E-state index in [-0.39, 0.29) is 12.2 Å². The first-order chi connectivity index (χ1) is 11.0. The van der Waals surface area contributed by atoms with E-state index >= 15 is 0 Å². The topological polar surface area (TPSA) is 23.6 Å². The summed E-state index contributed by atoms with van der Waals surface area (Å²) in [5.74, 6) is 0. The zero-order valence-corrected chi connectivity index (χ0v) is 12.0. The highest BCUT2D eigenvalue weighted by atomic mass is 19.4. The minimum Gasteiger partial charge on any atom is -0.290 e. The lowest BCUT2D eigenvalue weighted by atomic mass is 10.1. The number of halogens is 3. The Kier molecular flexibility index (Phi) is 3.82. The zero-order valence-electron chi connectivity index (χ0n) is 12.0. The van der Waals surface area contributed by atoms with Crippen molar-refractivity contribution in [2.45, 2.75) is 6.18 Å². The van der Waals surface area contributed by atoms with Crippen LogP contribution < -0.4 is 9.80 Å². The number of nitrogens with zero attached hydrogens (tertiary/aromatic N) is 2. The van der Waals surface area contributed by atoms with E-state index in [0.29, 0.717) is 5.69 Å². The average molecular weight is 318 g/mol. The molecule has 0 bridgehead atoms.